The number of ether oxygens (including phenoxy) is 2. The summed E-state index contributed by atoms with van der Waals surface area (Å²) in [5.41, 5.74) is 4.83. The van der Waals surface area contributed by atoms with E-state index < -0.39 is 12.2 Å². The van der Waals surface area contributed by atoms with Crippen LogP contribution in [0, 0.1) is 19.8 Å². The summed E-state index contributed by atoms with van der Waals surface area (Å²) in [6.07, 6.45) is 3.69. The number of H-pyrrole nitrogens is 1. The predicted molar refractivity (Wildman–Crippen MR) is 141 cm³/mol. The fourth-order valence-corrected chi connectivity index (χ4v) is 5.10. The molecule has 10 heteroatoms. The number of alkyl halides is 1. The molecule has 2 heterocycles. The van der Waals surface area contributed by atoms with Crippen molar-refractivity contribution in [1.82, 2.24) is 25.6 Å². The van der Waals surface area contributed by atoms with E-state index in [0.29, 0.717) is 53.4 Å². The number of hydrogen-bond donors (Lipinski definition) is 3. The Bertz CT molecular complexity index is 1340. The van der Waals surface area contributed by atoms with Crippen LogP contribution in [-0.2, 0) is 9.53 Å². The highest BCUT2D eigenvalue weighted by atomic mass is 19.1. The summed E-state index contributed by atoms with van der Waals surface area (Å²) >= 11 is 0. The molecule has 2 aliphatic rings. The molecule has 2 aromatic heterocycles. The average molecular weight is 524 g/mol. The van der Waals surface area contributed by atoms with Crippen molar-refractivity contribution in [1.29, 1.82) is 0 Å². The van der Waals surface area contributed by atoms with Gasteiger partial charge in [-0.25, -0.2) is 14.4 Å². The van der Waals surface area contributed by atoms with Gasteiger partial charge in [0.25, 0.3) is 5.91 Å². The van der Waals surface area contributed by atoms with E-state index in [1.165, 1.54) is 26.3 Å². The highest BCUT2D eigenvalue weighted by Crippen LogP contribution is 2.37. The Hall–Kier alpha value is -3.53. The van der Waals surface area contributed by atoms with Gasteiger partial charge in [0.05, 0.1) is 23.7 Å². The third-order valence-corrected chi connectivity index (χ3v) is 7.29. The van der Waals surface area contributed by atoms with Crippen molar-refractivity contribution in [3.05, 3.63) is 41.3 Å². The maximum Gasteiger partial charge on any atom is 0.255 e. The number of rotatable bonds is 9. The van der Waals surface area contributed by atoms with Crippen LogP contribution in [-0.4, -0.2) is 65.3 Å². The number of methoxy groups -OCH3 is 1. The number of carbonyl (C=O) groups is 2. The Balaban J connectivity index is 1.35. The second-order valence-corrected chi connectivity index (χ2v) is 10.4. The number of aromatic amines is 1. The molecule has 0 saturated heterocycles. The quantitative estimate of drug-likeness (QED) is 0.393. The zero-order valence-corrected chi connectivity index (χ0v) is 22.0. The van der Waals surface area contributed by atoms with Crippen molar-refractivity contribution in [3.63, 3.8) is 0 Å². The second kappa shape index (κ2) is 11.1. The van der Waals surface area contributed by atoms with Gasteiger partial charge in [-0.1, -0.05) is 11.6 Å². The SMILES string of the molecule is COCC(=O)N[C@H]1CC[C@@H](NC(=O)c2c(C)[nH]c3c(-c4cc(C)ccc4OCC4CC4)ncnc23)C[C@H]1F. The molecule has 202 valence electrons. The van der Waals surface area contributed by atoms with Gasteiger partial charge in [0.1, 0.15) is 36.1 Å². The van der Waals surface area contributed by atoms with Gasteiger partial charge in [-0.2, -0.15) is 0 Å². The highest BCUT2D eigenvalue weighted by Gasteiger charge is 2.33. The lowest BCUT2D eigenvalue weighted by Gasteiger charge is -2.32. The Morgan fingerprint density at radius 2 is 1.95 bits per heavy atom. The molecule has 2 saturated carbocycles. The Morgan fingerprint density at radius 1 is 1.13 bits per heavy atom. The fraction of sp³-hybridized carbons (Fsp3) is 0.500. The number of fused-ring (bicyclic) bond motifs is 1. The van der Waals surface area contributed by atoms with Crippen molar-refractivity contribution in [2.45, 2.75) is 64.2 Å². The molecule has 38 heavy (non-hydrogen) atoms. The summed E-state index contributed by atoms with van der Waals surface area (Å²) in [5, 5.41) is 5.65. The van der Waals surface area contributed by atoms with Crippen LogP contribution in [0.4, 0.5) is 4.39 Å². The van der Waals surface area contributed by atoms with Crippen molar-refractivity contribution in [2.24, 2.45) is 5.92 Å². The number of carbonyl (C=O) groups excluding carboxylic acids is 2. The lowest BCUT2D eigenvalue weighted by molar-refractivity contribution is -0.126. The number of benzene rings is 1. The van der Waals surface area contributed by atoms with Crippen molar-refractivity contribution in [2.75, 3.05) is 20.3 Å². The monoisotopic (exact) mass is 523 g/mol. The molecule has 0 spiro atoms. The summed E-state index contributed by atoms with van der Waals surface area (Å²) in [6, 6.07) is 5.08. The minimum absolute atomic E-state index is 0.107. The van der Waals surface area contributed by atoms with E-state index in [1.54, 1.807) is 0 Å². The number of hydrogen-bond acceptors (Lipinski definition) is 6. The van der Waals surface area contributed by atoms with Crippen LogP contribution >= 0.6 is 0 Å². The minimum Gasteiger partial charge on any atom is -0.493 e. The summed E-state index contributed by atoms with van der Waals surface area (Å²) in [4.78, 5) is 37.5. The first kappa shape index (κ1) is 26.1. The molecule has 3 N–H and O–H groups in total. The molecular formula is C28H34FN5O4. The summed E-state index contributed by atoms with van der Waals surface area (Å²) < 4.78 is 25.7. The lowest BCUT2D eigenvalue weighted by Crippen LogP contribution is -2.50. The molecule has 2 aliphatic carbocycles. The van der Waals surface area contributed by atoms with Crippen LogP contribution in [0.3, 0.4) is 0 Å². The highest BCUT2D eigenvalue weighted by molar-refractivity contribution is 6.09. The van der Waals surface area contributed by atoms with Gasteiger partial charge in [-0.05, 0) is 57.6 Å². The molecule has 3 atom stereocenters. The minimum atomic E-state index is -1.26. The molecule has 0 unspecified atom stereocenters. The zero-order chi connectivity index (χ0) is 26.8. The van der Waals surface area contributed by atoms with Gasteiger partial charge in [0, 0.05) is 30.8 Å². The summed E-state index contributed by atoms with van der Waals surface area (Å²) in [6.45, 7) is 4.40. The van der Waals surface area contributed by atoms with Crippen LogP contribution in [0.1, 0.15) is 53.7 Å². The predicted octanol–water partition coefficient (Wildman–Crippen LogP) is 3.78. The van der Waals surface area contributed by atoms with E-state index in [9.17, 15) is 14.0 Å². The van der Waals surface area contributed by atoms with E-state index in [2.05, 4.69) is 25.6 Å². The molecule has 0 bridgehead atoms. The molecule has 2 fully saturated rings. The molecular weight excluding hydrogens is 489 g/mol. The fourth-order valence-electron chi connectivity index (χ4n) is 5.10. The van der Waals surface area contributed by atoms with Crippen molar-refractivity contribution < 1.29 is 23.5 Å². The number of nitrogens with zero attached hydrogens (tertiary/aromatic N) is 2. The van der Waals surface area contributed by atoms with Gasteiger partial charge >= 0.3 is 0 Å². The normalized spacial score (nSPS) is 21.3. The lowest BCUT2D eigenvalue weighted by atomic mass is 9.89. The topological polar surface area (TPSA) is 118 Å². The average Bonchev–Trinajstić information content (AvgIpc) is 3.64. The first-order valence-electron chi connectivity index (χ1n) is 13.1. The number of halogens is 1. The molecule has 0 aliphatic heterocycles. The maximum absolute atomic E-state index is 14.8. The number of nitrogens with one attached hydrogen (secondary N) is 3. The van der Waals surface area contributed by atoms with Crippen molar-refractivity contribution >= 4 is 22.8 Å². The van der Waals surface area contributed by atoms with Crippen LogP contribution in [0.5, 0.6) is 5.75 Å². The van der Waals surface area contributed by atoms with E-state index in [4.69, 9.17) is 9.47 Å². The molecule has 0 radical (unpaired) electrons. The first-order valence-corrected chi connectivity index (χ1v) is 13.1. The van der Waals surface area contributed by atoms with Gasteiger partial charge in [-0.3, -0.25) is 9.59 Å². The zero-order valence-electron chi connectivity index (χ0n) is 22.0. The first-order chi connectivity index (χ1) is 18.3. The Labute approximate surface area is 220 Å². The largest absolute Gasteiger partial charge is 0.493 e. The molecule has 5 rings (SSSR count). The summed E-state index contributed by atoms with van der Waals surface area (Å²) in [7, 11) is 1.42. The van der Waals surface area contributed by atoms with Crippen LogP contribution in [0.2, 0.25) is 0 Å². The number of aryl methyl sites for hydroxylation is 2. The Morgan fingerprint density at radius 3 is 2.68 bits per heavy atom. The van der Waals surface area contributed by atoms with E-state index in [0.717, 1.165) is 16.9 Å². The van der Waals surface area contributed by atoms with Gasteiger partial charge in [0.15, 0.2) is 0 Å². The maximum atomic E-state index is 14.8. The summed E-state index contributed by atoms with van der Waals surface area (Å²) in [5.74, 6) is 0.705. The smallest absolute Gasteiger partial charge is 0.255 e. The van der Waals surface area contributed by atoms with Gasteiger partial charge in [0.2, 0.25) is 5.91 Å². The molecule has 1 aromatic carbocycles. The van der Waals surface area contributed by atoms with Gasteiger partial charge < -0.3 is 25.1 Å². The van der Waals surface area contributed by atoms with Crippen LogP contribution in [0.15, 0.2) is 24.5 Å². The molecule has 2 amide bonds. The standard InChI is InChI=1S/C28H34FN5O4/c1-15-4-9-22(38-12-17-5-6-17)19(10-15)25-27-26(31-14-30-25)24(16(2)32-27)28(36)33-18-7-8-21(20(29)11-18)34-23(35)13-37-3/h4,9-10,14,17-18,20-21,32H,5-8,11-13H2,1-3H3,(H,33,36)(H,34,35)/t18-,20-,21+/m1/s1. The van der Waals surface area contributed by atoms with E-state index in [1.807, 2.05) is 32.0 Å². The van der Waals surface area contributed by atoms with Crippen molar-refractivity contribution in [3.8, 4) is 17.0 Å². The van der Waals surface area contributed by atoms with Gasteiger partial charge in [-0.15, -0.1) is 0 Å². The third-order valence-electron chi connectivity index (χ3n) is 7.29. The number of aromatic nitrogens is 3. The third kappa shape index (κ3) is 5.65. The van der Waals surface area contributed by atoms with Crippen LogP contribution in [0.25, 0.3) is 22.3 Å². The molecule has 3 aromatic rings. The number of amides is 2. The Kier molecular flexibility index (Phi) is 7.60. The van der Waals surface area contributed by atoms with E-state index in [-0.39, 0.29) is 30.9 Å². The second-order valence-electron chi connectivity index (χ2n) is 10.4. The van der Waals surface area contributed by atoms with E-state index >= 15 is 0 Å². The van der Waals surface area contributed by atoms with Crippen LogP contribution < -0.4 is 15.4 Å². The molecule has 9 nitrogen and oxygen atoms in total.